The van der Waals surface area contributed by atoms with Gasteiger partial charge in [0.1, 0.15) is 0 Å². The summed E-state index contributed by atoms with van der Waals surface area (Å²) in [6.45, 7) is 2.15. The minimum atomic E-state index is 0.278. The molecule has 0 aromatic rings. The summed E-state index contributed by atoms with van der Waals surface area (Å²) in [7, 11) is 0. The highest BCUT2D eigenvalue weighted by atomic mass is 16.2. The summed E-state index contributed by atoms with van der Waals surface area (Å²) in [6, 6.07) is 0.512. The second-order valence-electron chi connectivity index (χ2n) is 2.77. The van der Waals surface area contributed by atoms with E-state index in [0.717, 1.165) is 6.42 Å². The minimum Gasteiger partial charge on any atom is -0.315 e. The molecule has 1 amide bonds. The molecule has 0 unspecified atom stereocenters. The minimum absolute atomic E-state index is 0.278. The number of hydrogen-bond acceptors (Lipinski definition) is 1. The second-order valence-corrected chi connectivity index (χ2v) is 2.77. The number of fused-ring (bicyclic) bond motifs is 1. The Labute approximate surface area is 54.1 Å². The van der Waals surface area contributed by atoms with Crippen molar-refractivity contribution in [2.24, 2.45) is 5.92 Å². The zero-order chi connectivity index (χ0) is 6.43. The van der Waals surface area contributed by atoms with Gasteiger partial charge in [0, 0.05) is 12.6 Å². The molecular formula is C7H9NO. The fourth-order valence-corrected chi connectivity index (χ4v) is 1.44. The molecule has 0 spiro atoms. The number of carbonyl (C=O) groups is 1. The van der Waals surface area contributed by atoms with Gasteiger partial charge in [-0.15, -0.1) is 0 Å². The average molecular weight is 123 g/mol. The molecule has 2 heterocycles. The van der Waals surface area contributed by atoms with Crippen LogP contribution in [0, 0.1) is 5.92 Å². The summed E-state index contributed by atoms with van der Waals surface area (Å²) < 4.78 is 0. The highest BCUT2D eigenvalue weighted by molar-refractivity contribution is 5.85. The number of nitrogens with zero attached hydrogens (tertiary/aromatic N) is 1. The van der Waals surface area contributed by atoms with Crippen molar-refractivity contribution in [2.45, 2.75) is 19.4 Å². The molecule has 0 N–H and O–H groups in total. The first-order valence-electron chi connectivity index (χ1n) is 3.28. The summed E-state index contributed by atoms with van der Waals surface area (Å²) in [4.78, 5) is 12.6. The Morgan fingerprint density at radius 3 is 3.00 bits per heavy atom. The van der Waals surface area contributed by atoms with E-state index in [2.05, 4.69) is 13.0 Å². The smallest absolute Gasteiger partial charge is 0.228 e. The van der Waals surface area contributed by atoms with Gasteiger partial charge >= 0.3 is 0 Å². The van der Waals surface area contributed by atoms with Gasteiger partial charge in [0.05, 0.1) is 6.04 Å². The molecular weight excluding hydrogens is 114 g/mol. The van der Waals surface area contributed by atoms with Crippen LogP contribution in [0.4, 0.5) is 0 Å². The number of hydrogen-bond donors (Lipinski definition) is 0. The van der Waals surface area contributed by atoms with Crippen LogP contribution in [0.2, 0.25) is 0 Å². The van der Waals surface area contributed by atoms with Crippen molar-refractivity contribution in [2.75, 3.05) is 0 Å². The molecule has 0 saturated carbocycles. The Morgan fingerprint density at radius 1 is 1.78 bits per heavy atom. The molecule has 2 nitrogen and oxygen atoms in total. The van der Waals surface area contributed by atoms with Gasteiger partial charge in [-0.25, -0.2) is 0 Å². The first-order chi connectivity index (χ1) is 4.29. The quantitative estimate of drug-likeness (QED) is 0.435. The summed E-state index contributed by atoms with van der Waals surface area (Å²) in [5.74, 6) is 0.864. The molecule has 2 heteroatoms. The highest BCUT2D eigenvalue weighted by Crippen LogP contribution is 2.32. The standard InChI is InChI=1S/C7H9NO/c1-5-2-3-8-6(5)4-7(8)9/h2-3,5-6H,4H2,1H3/t5-,6-/m0/s1. The van der Waals surface area contributed by atoms with Crippen molar-refractivity contribution in [3.63, 3.8) is 0 Å². The first-order valence-corrected chi connectivity index (χ1v) is 3.28. The zero-order valence-corrected chi connectivity index (χ0v) is 5.37. The van der Waals surface area contributed by atoms with Gasteiger partial charge < -0.3 is 4.90 Å². The Bertz CT molecular complexity index is 185. The Morgan fingerprint density at radius 2 is 2.56 bits per heavy atom. The van der Waals surface area contributed by atoms with Crippen LogP contribution in [0.1, 0.15) is 13.3 Å². The maximum atomic E-state index is 10.7. The summed E-state index contributed by atoms with van der Waals surface area (Å²) in [5.41, 5.74) is 0. The topological polar surface area (TPSA) is 20.3 Å². The van der Waals surface area contributed by atoms with Gasteiger partial charge in [-0.05, 0) is 5.92 Å². The van der Waals surface area contributed by atoms with Gasteiger partial charge in [0.15, 0.2) is 0 Å². The van der Waals surface area contributed by atoms with E-state index in [1.807, 2.05) is 11.1 Å². The molecule has 0 aromatic heterocycles. The van der Waals surface area contributed by atoms with Gasteiger partial charge in [-0.2, -0.15) is 0 Å². The molecule has 48 valence electrons. The fourth-order valence-electron chi connectivity index (χ4n) is 1.44. The van der Waals surface area contributed by atoms with E-state index in [4.69, 9.17) is 0 Å². The normalized spacial score (nSPS) is 38.8. The van der Waals surface area contributed by atoms with Crippen molar-refractivity contribution in [3.05, 3.63) is 12.3 Å². The van der Waals surface area contributed by atoms with Crippen molar-refractivity contribution < 1.29 is 4.79 Å². The molecule has 2 aliphatic heterocycles. The van der Waals surface area contributed by atoms with E-state index in [9.17, 15) is 4.79 Å². The molecule has 9 heavy (non-hydrogen) atoms. The summed E-state index contributed by atoms with van der Waals surface area (Å²) in [6.07, 6.45) is 4.75. The predicted octanol–water partition coefficient (Wildman–Crippen LogP) is 0.751. The van der Waals surface area contributed by atoms with Crippen molar-refractivity contribution in [1.29, 1.82) is 0 Å². The molecule has 2 aliphatic rings. The van der Waals surface area contributed by atoms with Gasteiger partial charge in [0.2, 0.25) is 5.91 Å². The lowest BCUT2D eigenvalue weighted by Crippen LogP contribution is -2.48. The second kappa shape index (κ2) is 1.38. The van der Waals surface area contributed by atoms with E-state index in [-0.39, 0.29) is 5.91 Å². The third-order valence-corrected chi connectivity index (χ3v) is 2.19. The summed E-state index contributed by atoms with van der Waals surface area (Å²) in [5, 5.41) is 0. The summed E-state index contributed by atoms with van der Waals surface area (Å²) >= 11 is 0. The maximum Gasteiger partial charge on any atom is 0.228 e. The third-order valence-electron chi connectivity index (χ3n) is 2.19. The van der Waals surface area contributed by atoms with Crippen LogP contribution < -0.4 is 0 Å². The van der Waals surface area contributed by atoms with Crippen LogP contribution in [0.3, 0.4) is 0 Å². The van der Waals surface area contributed by atoms with E-state index in [0.29, 0.717) is 12.0 Å². The maximum absolute atomic E-state index is 10.7. The van der Waals surface area contributed by atoms with Crippen LogP contribution in [0.25, 0.3) is 0 Å². The van der Waals surface area contributed by atoms with Gasteiger partial charge in [-0.1, -0.05) is 13.0 Å². The van der Waals surface area contributed by atoms with Crippen LogP contribution in [-0.2, 0) is 4.79 Å². The Balaban J connectivity index is 2.19. The molecule has 0 aromatic carbocycles. The molecule has 2 rings (SSSR count). The van der Waals surface area contributed by atoms with Crippen LogP contribution in [0.15, 0.2) is 12.3 Å². The van der Waals surface area contributed by atoms with Crippen LogP contribution in [0.5, 0.6) is 0 Å². The largest absolute Gasteiger partial charge is 0.315 e. The van der Waals surface area contributed by atoms with Crippen LogP contribution in [-0.4, -0.2) is 16.8 Å². The Hall–Kier alpha value is -0.790. The van der Waals surface area contributed by atoms with Crippen molar-refractivity contribution in [3.8, 4) is 0 Å². The number of β-lactam (4-membered cyclic amide) rings is 1. The van der Waals surface area contributed by atoms with E-state index in [1.165, 1.54) is 0 Å². The lowest BCUT2D eigenvalue weighted by molar-refractivity contribution is -0.141. The molecule has 0 radical (unpaired) electrons. The molecule has 0 bridgehead atoms. The van der Waals surface area contributed by atoms with Crippen LogP contribution >= 0.6 is 0 Å². The lowest BCUT2D eigenvalue weighted by atomic mass is 9.94. The van der Waals surface area contributed by atoms with E-state index < -0.39 is 0 Å². The number of carbonyl (C=O) groups excluding carboxylic acids is 1. The molecule has 1 saturated heterocycles. The van der Waals surface area contributed by atoms with Gasteiger partial charge in [0.25, 0.3) is 0 Å². The molecule has 1 fully saturated rings. The third kappa shape index (κ3) is 0.479. The average Bonchev–Trinajstić information content (AvgIpc) is 2.07. The highest BCUT2D eigenvalue weighted by Gasteiger charge is 2.40. The monoisotopic (exact) mass is 123 g/mol. The van der Waals surface area contributed by atoms with E-state index in [1.54, 1.807) is 0 Å². The lowest BCUT2D eigenvalue weighted by Gasteiger charge is -2.35. The zero-order valence-electron chi connectivity index (χ0n) is 5.37. The Kier molecular flexibility index (Phi) is 0.770. The van der Waals surface area contributed by atoms with Crippen molar-refractivity contribution in [1.82, 2.24) is 4.90 Å². The SMILES string of the molecule is C[C@H]1C=CN2C(=O)C[C@@H]12. The fraction of sp³-hybridized carbons (Fsp3) is 0.571. The molecule has 0 aliphatic carbocycles. The van der Waals surface area contributed by atoms with Gasteiger partial charge in [-0.3, -0.25) is 4.79 Å². The predicted molar refractivity (Wildman–Crippen MR) is 33.6 cm³/mol. The van der Waals surface area contributed by atoms with E-state index >= 15 is 0 Å². The first kappa shape index (κ1) is 5.03. The molecule has 2 atom stereocenters. The number of rotatable bonds is 0. The number of amides is 1. The van der Waals surface area contributed by atoms with Crippen molar-refractivity contribution >= 4 is 5.91 Å².